The molecule has 1 aliphatic heterocycles. The van der Waals surface area contributed by atoms with Crippen molar-refractivity contribution in [2.24, 2.45) is 11.7 Å². The van der Waals surface area contributed by atoms with Gasteiger partial charge in [-0.3, -0.25) is 9.69 Å². The lowest BCUT2D eigenvalue weighted by atomic mass is 10.00. The first-order valence-electron chi connectivity index (χ1n) is 5.98. The van der Waals surface area contributed by atoms with Gasteiger partial charge in [0.15, 0.2) is 0 Å². The number of nitrogens with two attached hydrogens (primary N) is 1. The molecule has 0 bridgehead atoms. The highest BCUT2D eigenvalue weighted by Gasteiger charge is 2.20. The van der Waals surface area contributed by atoms with Gasteiger partial charge in [0.05, 0.1) is 25.9 Å². The van der Waals surface area contributed by atoms with Crippen LogP contribution in [0.1, 0.15) is 20.3 Å². The average Bonchev–Trinajstić information content (AvgIpc) is 2.35. The van der Waals surface area contributed by atoms with E-state index in [0.29, 0.717) is 6.67 Å². The number of amides is 1. The number of nitrogens with one attached hydrogen (secondary N) is 1. The van der Waals surface area contributed by atoms with Crippen LogP contribution in [0.3, 0.4) is 0 Å². The van der Waals surface area contributed by atoms with E-state index < -0.39 is 6.04 Å². The lowest BCUT2D eigenvalue weighted by molar-refractivity contribution is -0.124. The van der Waals surface area contributed by atoms with E-state index in [1.807, 2.05) is 13.8 Å². The van der Waals surface area contributed by atoms with Crippen LogP contribution < -0.4 is 11.1 Å². The first-order valence-corrected chi connectivity index (χ1v) is 5.98. The Hall–Kier alpha value is -0.650. The van der Waals surface area contributed by atoms with Crippen LogP contribution in [0.4, 0.5) is 0 Å². The van der Waals surface area contributed by atoms with Crippen LogP contribution in [0.25, 0.3) is 0 Å². The molecule has 5 nitrogen and oxygen atoms in total. The molecular formula is C11H23N3O2. The van der Waals surface area contributed by atoms with Gasteiger partial charge >= 0.3 is 0 Å². The molecule has 94 valence electrons. The summed E-state index contributed by atoms with van der Waals surface area (Å²) in [6, 6.07) is -0.397. The number of carbonyl (C=O) groups excluding carboxylic acids is 1. The lowest BCUT2D eigenvalue weighted by Crippen LogP contribution is -2.50. The van der Waals surface area contributed by atoms with Crippen molar-refractivity contribution in [2.75, 3.05) is 33.0 Å². The summed E-state index contributed by atoms with van der Waals surface area (Å²) in [7, 11) is 0. The zero-order chi connectivity index (χ0) is 12.0. The number of hydrogen-bond acceptors (Lipinski definition) is 4. The largest absolute Gasteiger partial charge is 0.379 e. The van der Waals surface area contributed by atoms with Gasteiger partial charge < -0.3 is 15.8 Å². The molecule has 1 unspecified atom stereocenters. The molecule has 5 heteroatoms. The van der Waals surface area contributed by atoms with Crippen molar-refractivity contribution in [1.29, 1.82) is 0 Å². The number of morpholine rings is 1. The molecule has 1 heterocycles. The predicted octanol–water partition coefficient (Wildman–Crippen LogP) is -0.234. The Morgan fingerprint density at radius 2 is 2.12 bits per heavy atom. The van der Waals surface area contributed by atoms with Gasteiger partial charge in [-0.15, -0.1) is 0 Å². The molecule has 0 aromatic rings. The third kappa shape index (κ3) is 4.08. The maximum absolute atomic E-state index is 11.7. The number of rotatable bonds is 5. The van der Waals surface area contributed by atoms with Crippen LogP contribution in [-0.2, 0) is 9.53 Å². The Morgan fingerprint density at radius 1 is 1.50 bits per heavy atom. The van der Waals surface area contributed by atoms with E-state index in [-0.39, 0.29) is 11.8 Å². The minimum atomic E-state index is -0.397. The molecule has 1 fully saturated rings. The van der Waals surface area contributed by atoms with E-state index in [9.17, 15) is 4.79 Å². The molecule has 0 aromatic carbocycles. The lowest BCUT2D eigenvalue weighted by Gasteiger charge is -2.27. The second-order valence-electron chi connectivity index (χ2n) is 4.34. The molecule has 0 aliphatic carbocycles. The summed E-state index contributed by atoms with van der Waals surface area (Å²) in [5.41, 5.74) is 5.83. The van der Waals surface area contributed by atoms with E-state index in [1.165, 1.54) is 0 Å². The first-order chi connectivity index (χ1) is 7.65. The minimum Gasteiger partial charge on any atom is -0.379 e. The Morgan fingerprint density at radius 3 is 2.69 bits per heavy atom. The van der Waals surface area contributed by atoms with E-state index in [0.717, 1.165) is 32.7 Å². The molecule has 0 radical (unpaired) electrons. The van der Waals surface area contributed by atoms with Crippen molar-refractivity contribution in [3.8, 4) is 0 Å². The van der Waals surface area contributed by atoms with Gasteiger partial charge in [0.1, 0.15) is 0 Å². The van der Waals surface area contributed by atoms with Crippen LogP contribution in [0.2, 0.25) is 0 Å². The highest BCUT2D eigenvalue weighted by Crippen LogP contribution is 2.05. The molecule has 0 spiro atoms. The van der Waals surface area contributed by atoms with Gasteiger partial charge in [-0.25, -0.2) is 0 Å². The zero-order valence-electron chi connectivity index (χ0n) is 10.2. The van der Waals surface area contributed by atoms with E-state index in [4.69, 9.17) is 10.5 Å². The van der Waals surface area contributed by atoms with Gasteiger partial charge in [-0.1, -0.05) is 20.3 Å². The molecule has 0 saturated carbocycles. The summed E-state index contributed by atoms with van der Waals surface area (Å²) < 4.78 is 5.23. The summed E-state index contributed by atoms with van der Waals surface area (Å²) >= 11 is 0. The predicted molar refractivity (Wildman–Crippen MR) is 62.8 cm³/mol. The van der Waals surface area contributed by atoms with Gasteiger partial charge in [0.25, 0.3) is 0 Å². The molecule has 1 saturated heterocycles. The second kappa shape index (κ2) is 6.83. The molecule has 1 rings (SSSR count). The topological polar surface area (TPSA) is 67.6 Å². The van der Waals surface area contributed by atoms with Gasteiger partial charge in [0.2, 0.25) is 5.91 Å². The summed E-state index contributed by atoms with van der Waals surface area (Å²) in [5.74, 6) is 0.172. The third-order valence-electron chi connectivity index (χ3n) is 3.14. The van der Waals surface area contributed by atoms with Crippen molar-refractivity contribution in [3.05, 3.63) is 0 Å². The van der Waals surface area contributed by atoms with Crippen LogP contribution in [-0.4, -0.2) is 49.8 Å². The summed E-state index contributed by atoms with van der Waals surface area (Å²) in [5, 5.41) is 2.87. The Labute approximate surface area is 97.3 Å². The molecule has 3 N–H and O–H groups in total. The highest BCUT2D eigenvalue weighted by molar-refractivity contribution is 5.81. The fraction of sp³-hybridized carbons (Fsp3) is 0.909. The second-order valence-corrected chi connectivity index (χ2v) is 4.34. The van der Waals surface area contributed by atoms with E-state index in [2.05, 4.69) is 10.2 Å². The van der Waals surface area contributed by atoms with Crippen molar-refractivity contribution >= 4 is 5.91 Å². The summed E-state index contributed by atoms with van der Waals surface area (Å²) in [6.45, 7) is 7.85. The van der Waals surface area contributed by atoms with Crippen LogP contribution >= 0.6 is 0 Å². The third-order valence-corrected chi connectivity index (χ3v) is 3.14. The van der Waals surface area contributed by atoms with Crippen LogP contribution in [0.5, 0.6) is 0 Å². The summed E-state index contributed by atoms with van der Waals surface area (Å²) in [4.78, 5) is 13.8. The van der Waals surface area contributed by atoms with E-state index >= 15 is 0 Å². The van der Waals surface area contributed by atoms with Crippen molar-refractivity contribution in [1.82, 2.24) is 10.2 Å². The SMILES string of the molecule is CCC(C)[C@H](N)C(=O)NCN1CCOCC1. The highest BCUT2D eigenvalue weighted by atomic mass is 16.5. The van der Waals surface area contributed by atoms with Crippen LogP contribution in [0, 0.1) is 5.92 Å². The minimum absolute atomic E-state index is 0.0548. The van der Waals surface area contributed by atoms with Crippen molar-refractivity contribution in [3.63, 3.8) is 0 Å². The average molecular weight is 229 g/mol. The first kappa shape index (κ1) is 13.4. The number of nitrogens with zero attached hydrogens (tertiary/aromatic N) is 1. The fourth-order valence-corrected chi connectivity index (χ4v) is 1.58. The molecule has 0 aromatic heterocycles. The quantitative estimate of drug-likeness (QED) is 0.683. The van der Waals surface area contributed by atoms with Crippen molar-refractivity contribution in [2.45, 2.75) is 26.3 Å². The normalized spacial score (nSPS) is 21.4. The maximum atomic E-state index is 11.7. The maximum Gasteiger partial charge on any atom is 0.238 e. The molecule has 1 amide bonds. The monoisotopic (exact) mass is 229 g/mol. The molecular weight excluding hydrogens is 206 g/mol. The zero-order valence-corrected chi connectivity index (χ0v) is 10.2. The number of carbonyl (C=O) groups is 1. The van der Waals surface area contributed by atoms with Crippen LogP contribution in [0.15, 0.2) is 0 Å². The van der Waals surface area contributed by atoms with Gasteiger partial charge in [-0.2, -0.15) is 0 Å². The summed E-state index contributed by atoms with van der Waals surface area (Å²) in [6.07, 6.45) is 0.923. The Balaban J connectivity index is 2.23. The number of ether oxygens (including phenoxy) is 1. The number of hydrogen-bond donors (Lipinski definition) is 2. The smallest absolute Gasteiger partial charge is 0.238 e. The Kier molecular flexibility index (Phi) is 5.73. The fourth-order valence-electron chi connectivity index (χ4n) is 1.58. The molecule has 1 aliphatic rings. The van der Waals surface area contributed by atoms with E-state index in [1.54, 1.807) is 0 Å². The van der Waals surface area contributed by atoms with Gasteiger partial charge in [0, 0.05) is 13.1 Å². The van der Waals surface area contributed by atoms with Crippen molar-refractivity contribution < 1.29 is 9.53 Å². The molecule has 2 atom stereocenters. The Bertz CT molecular complexity index is 217. The molecule has 16 heavy (non-hydrogen) atoms. The standard InChI is InChI=1S/C11H23N3O2/c1-3-9(2)10(12)11(15)13-8-14-4-6-16-7-5-14/h9-10H,3-8,12H2,1-2H3,(H,13,15)/t9?,10-/m0/s1. The van der Waals surface area contributed by atoms with Gasteiger partial charge in [-0.05, 0) is 5.92 Å².